The standard InChI is InChI=1S/C11H11NO3S/c13-6-9-8(11(14)15)2-1-3-10(9)16-5-4-12-7-16/h1-3,8,12H,4-5,7H2. The molecule has 1 aliphatic carbocycles. The Morgan fingerprint density at radius 2 is 2.44 bits per heavy atom. The molecule has 0 radical (unpaired) electrons. The van der Waals surface area contributed by atoms with Crippen molar-refractivity contribution in [2.24, 2.45) is 5.92 Å². The SMILES string of the molecule is O=C=C1C([S+]2CCNC2)=CC=CC1C(=O)[O-]. The number of carboxylic acids is 1. The molecule has 1 fully saturated rings. The van der Waals surface area contributed by atoms with E-state index in [1.165, 1.54) is 6.08 Å². The summed E-state index contributed by atoms with van der Waals surface area (Å²) in [5, 5.41) is 14.1. The van der Waals surface area contributed by atoms with Crippen LogP contribution in [-0.2, 0) is 20.5 Å². The number of rotatable bonds is 2. The first-order valence-corrected chi connectivity index (χ1v) is 6.53. The molecule has 84 valence electrons. The normalized spacial score (nSPS) is 28.8. The van der Waals surface area contributed by atoms with Gasteiger partial charge in [-0.15, -0.1) is 0 Å². The van der Waals surface area contributed by atoms with Gasteiger partial charge in [0.05, 0.1) is 11.9 Å². The Kier molecular flexibility index (Phi) is 3.29. The van der Waals surface area contributed by atoms with Gasteiger partial charge in [0.1, 0.15) is 17.3 Å². The number of carbonyl (C=O) groups excluding carboxylic acids is 2. The van der Waals surface area contributed by atoms with Gasteiger partial charge < -0.3 is 9.90 Å². The number of allylic oxidation sites excluding steroid dienone is 3. The molecule has 0 aromatic rings. The zero-order chi connectivity index (χ0) is 11.5. The van der Waals surface area contributed by atoms with E-state index in [9.17, 15) is 14.7 Å². The second-order valence-electron chi connectivity index (χ2n) is 3.57. The third kappa shape index (κ3) is 1.97. The van der Waals surface area contributed by atoms with Gasteiger partial charge in [-0.3, -0.25) is 5.32 Å². The maximum atomic E-state index is 10.9. The molecule has 1 heterocycles. The van der Waals surface area contributed by atoms with E-state index < -0.39 is 11.9 Å². The topological polar surface area (TPSA) is 69.2 Å². The van der Waals surface area contributed by atoms with Crippen LogP contribution >= 0.6 is 0 Å². The predicted molar refractivity (Wildman–Crippen MR) is 60.0 cm³/mol. The highest BCUT2D eigenvalue weighted by atomic mass is 32.2. The summed E-state index contributed by atoms with van der Waals surface area (Å²) in [7, 11) is -0.0728. The largest absolute Gasteiger partial charge is 0.549 e. The summed E-state index contributed by atoms with van der Waals surface area (Å²) in [6.07, 6.45) is 4.96. The van der Waals surface area contributed by atoms with Gasteiger partial charge in [0.15, 0.2) is 10.8 Å². The molecule has 0 aromatic heterocycles. The Morgan fingerprint density at radius 3 is 3.00 bits per heavy atom. The van der Waals surface area contributed by atoms with E-state index in [0.29, 0.717) is 0 Å². The number of hydrogen-bond acceptors (Lipinski definition) is 4. The highest BCUT2D eigenvalue weighted by Crippen LogP contribution is 2.29. The summed E-state index contributed by atoms with van der Waals surface area (Å²) in [5.41, 5.74) is 0.231. The van der Waals surface area contributed by atoms with E-state index in [2.05, 4.69) is 5.32 Å². The van der Waals surface area contributed by atoms with Crippen molar-refractivity contribution in [1.82, 2.24) is 5.32 Å². The van der Waals surface area contributed by atoms with Gasteiger partial charge in [-0.25, -0.2) is 4.79 Å². The molecular weight excluding hydrogens is 226 g/mol. The van der Waals surface area contributed by atoms with Crippen molar-refractivity contribution in [3.05, 3.63) is 28.7 Å². The molecule has 4 nitrogen and oxygen atoms in total. The average Bonchev–Trinajstić information content (AvgIpc) is 2.81. The van der Waals surface area contributed by atoms with Crippen LogP contribution in [0.1, 0.15) is 0 Å². The van der Waals surface area contributed by atoms with E-state index in [4.69, 9.17) is 0 Å². The van der Waals surface area contributed by atoms with Gasteiger partial charge in [-0.1, -0.05) is 12.2 Å². The number of carboxylic acid groups (broad SMARTS) is 1. The molecular formula is C11H11NO3S. The smallest absolute Gasteiger partial charge is 0.171 e. The van der Waals surface area contributed by atoms with Crippen LogP contribution in [0.4, 0.5) is 0 Å². The molecule has 0 spiro atoms. The molecule has 1 aliphatic heterocycles. The molecule has 2 rings (SSSR count). The second-order valence-corrected chi connectivity index (χ2v) is 5.69. The molecule has 0 amide bonds. The van der Waals surface area contributed by atoms with Crippen molar-refractivity contribution in [3.63, 3.8) is 0 Å². The van der Waals surface area contributed by atoms with E-state index in [1.54, 1.807) is 12.0 Å². The Balaban J connectivity index is 2.30. The Hall–Kier alpha value is -1.29. The van der Waals surface area contributed by atoms with Crippen LogP contribution in [-0.4, -0.2) is 30.1 Å². The number of carbonyl (C=O) groups is 1. The lowest BCUT2D eigenvalue weighted by atomic mass is 9.96. The molecule has 0 bridgehead atoms. The lowest BCUT2D eigenvalue weighted by Gasteiger charge is -2.18. The first-order chi connectivity index (χ1) is 7.74. The van der Waals surface area contributed by atoms with Crippen molar-refractivity contribution < 1.29 is 14.7 Å². The third-order valence-corrected chi connectivity index (χ3v) is 4.83. The second kappa shape index (κ2) is 4.70. The van der Waals surface area contributed by atoms with Crippen molar-refractivity contribution in [2.75, 3.05) is 18.2 Å². The fourth-order valence-corrected chi connectivity index (χ4v) is 3.86. The zero-order valence-corrected chi connectivity index (χ0v) is 9.38. The summed E-state index contributed by atoms with van der Waals surface area (Å²) in [5.74, 6) is 1.35. The van der Waals surface area contributed by atoms with Crippen LogP contribution in [0, 0.1) is 5.92 Å². The van der Waals surface area contributed by atoms with E-state index in [-0.39, 0.29) is 16.5 Å². The molecule has 0 saturated carbocycles. The lowest BCUT2D eigenvalue weighted by Crippen LogP contribution is -2.34. The van der Waals surface area contributed by atoms with Gasteiger partial charge in [0.25, 0.3) is 0 Å². The van der Waals surface area contributed by atoms with Crippen LogP contribution in [0.5, 0.6) is 0 Å². The minimum absolute atomic E-state index is 0.0728. The molecule has 16 heavy (non-hydrogen) atoms. The van der Waals surface area contributed by atoms with Gasteiger partial charge in [0.2, 0.25) is 0 Å². The van der Waals surface area contributed by atoms with Crippen LogP contribution in [0.15, 0.2) is 28.7 Å². The summed E-state index contributed by atoms with van der Waals surface area (Å²) in [6.45, 7) is 0.909. The monoisotopic (exact) mass is 237 g/mol. The van der Waals surface area contributed by atoms with Crippen LogP contribution < -0.4 is 10.4 Å². The van der Waals surface area contributed by atoms with Gasteiger partial charge in [0, 0.05) is 17.4 Å². The molecule has 2 unspecified atom stereocenters. The highest BCUT2D eigenvalue weighted by molar-refractivity contribution is 8.01. The van der Waals surface area contributed by atoms with Crippen molar-refractivity contribution in [3.8, 4) is 0 Å². The molecule has 0 aromatic carbocycles. The minimum atomic E-state index is -1.24. The van der Waals surface area contributed by atoms with E-state index in [1.807, 2.05) is 6.08 Å². The van der Waals surface area contributed by atoms with Gasteiger partial charge >= 0.3 is 0 Å². The molecule has 1 saturated heterocycles. The summed E-state index contributed by atoms with van der Waals surface area (Å²) >= 11 is 0. The lowest BCUT2D eigenvalue weighted by molar-refractivity contribution is -0.308. The van der Waals surface area contributed by atoms with Crippen LogP contribution in [0.3, 0.4) is 0 Å². The van der Waals surface area contributed by atoms with Gasteiger partial charge in [-0.2, -0.15) is 0 Å². The van der Waals surface area contributed by atoms with Crippen LogP contribution in [0.25, 0.3) is 0 Å². The fourth-order valence-electron chi connectivity index (χ4n) is 1.81. The zero-order valence-electron chi connectivity index (χ0n) is 8.56. The first kappa shape index (κ1) is 11.2. The fraction of sp³-hybridized carbons (Fsp3) is 0.364. The number of hydrogen-bond donors (Lipinski definition) is 1. The molecule has 5 heteroatoms. The summed E-state index contributed by atoms with van der Waals surface area (Å²) < 4.78 is 0. The predicted octanol–water partition coefficient (Wildman–Crippen LogP) is -1.26. The summed E-state index contributed by atoms with van der Waals surface area (Å²) in [6, 6.07) is 0. The van der Waals surface area contributed by atoms with Crippen molar-refractivity contribution in [1.29, 1.82) is 0 Å². The third-order valence-electron chi connectivity index (χ3n) is 2.60. The quantitative estimate of drug-likeness (QED) is 0.481. The maximum absolute atomic E-state index is 10.9. The Labute approximate surface area is 96.1 Å². The van der Waals surface area contributed by atoms with Crippen LogP contribution in [0.2, 0.25) is 0 Å². The van der Waals surface area contributed by atoms with Crippen molar-refractivity contribution >= 4 is 22.8 Å². The number of nitrogens with one attached hydrogen (secondary N) is 1. The van der Waals surface area contributed by atoms with Crippen molar-refractivity contribution in [2.45, 2.75) is 0 Å². The van der Waals surface area contributed by atoms with E-state index >= 15 is 0 Å². The Bertz CT molecular complexity index is 415. The molecule has 1 N–H and O–H groups in total. The van der Waals surface area contributed by atoms with E-state index in [0.717, 1.165) is 23.1 Å². The highest BCUT2D eigenvalue weighted by Gasteiger charge is 2.36. The minimum Gasteiger partial charge on any atom is -0.549 e. The molecule has 2 aliphatic rings. The van der Waals surface area contributed by atoms with Gasteiger partial charge in [-0.05, 0) is 6.08 Å². The summed E-state index contributed by atoms with van der Waals surface area (Å²) in [4.78, 5) is 22.6. The number of aliphatic carboxylic acids is 1. The first-order valence-electron chi connectivity index (χ1n) is 4.97. The Morgan fingerprint density at radius 1 is 1.62 bits per heavy atom. The average molecular weight is 237 g/mol. The maximum Gasteiger partial charge on any atom is 0.171 e. The molecule has 2 atom stereocenters.